The summed E-state index contributed by atoms with van der Waals surface area (Å²) in [5.41, 5.74) is 0.779. The van der Waals surface area contributed by atoms with Crippen LogP contribution < -0.4 is 5.32 Å². The molecule has 1 atom stereocenters. The van der Waals surface area contributed by atoms with E-state index in [2.05, 4.69) is 22.4 Å². The van der Waals surface area contributed by atoms with Gasteiger partial charge in [-0.05, 0) is 50.1 Å². The summed E-state index contributed by atoms with van der Waals surface area (Å²) in [6.07, 6.45) is 3.15. The van der Waals surface area contributed by atoms with Gasteiger partial charge in [-0.25, -0.2) is 0 Å². The van der Waals surface area contributed by atoms with Crippen molar-refractivity contribution in [1.82, 2.24) is 15.5 Å². The SMILES string of the molecule is CCC1(c2nc(-c3ccc(Cl)cc3)no2)CCCN1. The van der Waals surface area contributed by atoms with Crippen molar-refractivity contribution in [3.63, 3.8) is 0 Å². The van der Waals surface area contributed by atoms with Gasteiger partial charge in [0.05, 0.1) is 5.54 Å². The Kier molecular flexibility index (Phi) is 3.29. The van der Waals surface area contributed by atoms with Gasteiger partial charge in [0.2, 0.25) is 11.7 Å². The highest BCUT2D eigenvalue weighted by atomic mass is 35.5. The van der Waals surface area contributed by atoms with Crippen molar-refractivity contribution in [2.45, 2.75) is 31.7 Å². The Bertz CT molecular complexity index is 558. The number of hydrogen-bond acceptors (Lipinski definition) is 4. The number of rotatable bonds is 3. The van der Waals surface area contributed by atoms with E-state index < -0.39 is 0 Å². The molecule has 0 radical (unpaired) electrons. The van der Waals surface area contributed by atoms with Crippen molar-refractivity contribution in [2.75, 3.05) is 6.54 Å². The number of nitrogens with one attached hydrogen (secondary N) is 1. The number of halogens is 1. The maximum Gasteiger partial charge on any atom is 0.247 e. The topological polar surface area (TPSA) is 51.0 Å². The fraction of sp³-hybridized carbons (Fsp3) is 0.429. The van der Waals surface area contributed by atoms with Gasteiger partial charge in [0.25, 0.3) is 0 Å². The van der Waals surface area contributed by atoms with E-state index in [9.17, 15) is 0 Å². The largest absolute Gasteiger partial charge is 0.337 e. The average Bonchev–Trinajstić information content (AvgIpc) is 3.09. The van der Waals surface area contributed by atoms with Crippen LogP contribution in [0.3, 0.4) is 0 Å². The third-order valence-electron chi connectivity index (χ3n) is 3.79. The smallest absolute Gasteiger partial charge is 0.247 e. The molecule has 0 bridgehead atoms. The van der Waals surface area contributed by atoms with Crippen LogP contribution in [0.2, 0.25) is 5.02 Å². The Morgan fingerprint density at radius 2 is 2.16 bits per heavy atom. The Morgan fingerprint density at radius 1 is 1.37 bits per heavy atom. The molecule has 0 spiro atoms. The van der Waals surface area contributed by atoms with Gasteiger partial charge in [0.15, 0.2) is 0 Å². The third-order valence-corrected chi connectivity index (χ3v) is 4.04. The second-order valence-corrected chi connectivity index (χ2v) is 5.33. The monoisotopic (exact) mass is 277 g/mol. The van der Waals surface area contributed by atoms with E-state index >= 15 is 0 Å². The molecule has 2 aromatic rings. The first-order valence-electron chi connectivity index (χ1n) is 6.59. The fourth-order valence-electron chi connectivity index (χ4n) is 2.58. The first-order chi connectivity index (χ1) is 9.23. The highest BCUT2D eigenvalue weighted by Crippen LogP contribution is 2.33. The summed E-state index contributed by atoms with van der Waals surface area (Å²) >= 11 is 5.88. The molecular weight excluding hydrogens is 262 g/mol. The Hall–Kier alpha value is -1.39. The van der Waals surface area contributed by atoms with Crippen molar-refractivity contribution in [3.05, 3.63) is 35.2 Å². The van der Waals surface area contributed by atoms with Crippen LogP contribution in [0.1, 0.15) is 32.1 Å². The van der Waals surface area contributed by atoms with E-state index in [0.717, 1.165) is 31.4 Å². The van der Waals surface area contributed by atoms with Gasteiger partial charge in [-0.1, -0.05) is 23.7 Å². The normalized spacial score (nSPS) is 22.8. The van der Waals surface area contributed by atoms with Crippen molar-refractivity contribution in [1.29, 1.82) is 0 Å². The number of hydrogen-bond donors (Lipinski definition) is 1. The van der Waals surface area contributed by atoms with E-state index in [1.54, 1.807) is 0 Å². The van der Waals surface area contributed by atoms with Gasteiger partial charge in [-0.2, -0.15) is 4.98 Å². The molecular formula is C14H16ClN3O. The summed E-state index contributed by atoms with van der Waals surface area (Å²) in [7, 11) is 0. The molecule has 100 valence electrons. The Balaban J connectivity index is 1.92. The molecule has 1 unspecified atom stereocenters. The summed E-state index contributed by atoms with van der Waals surface area (Å²) in [5.74, 6) is 1.31. The lowest BCUT2D eigenvalue weighted by atomic mass is 9.94. The molecule has 1 aromatic heterocycles. The molecule has 1 aromatic carbocycles. The maximum atomic E-state index is 5.88. The van der Waals surface area contributed by atoms with Gasteiger partial charge in [0.1, 0.15) is 0 Å². The van der Waals surface area contributed by atoms with Crippen LogP contribution in [-0.4, -0.2) is 16.7 Å². The first-order valence-corrected chi connectivity index (χ1v) is 6.96. The molecule has 0 saturated carbocycles. The van der Waals surface area contributed by atoms with E-state index in [1.165, 1.54) is 0 Å². The lowest BCUT2D eigenvalue weighted by molar-refractivity contribution is 0.250. The maximum absolute atomic E-state index is 5.88. The summed E-state index contributed by atoms with van der Waals surface area (Å²) in [4.78, 5) is 4.55. The van der Waals surface area contributed by atoms with Gasteiger partial charge in [0, 0.05) is 10.6 Å². The zero-order valence-electron chi connectivity index (χ0n) is 10.8. The van der Waals surface area contributed by atoms with Crippen LogP contribution in [0.5, 0.6) is 0 Å². The molecule has 1 fully saturated rings. The minimum Gasteiger partial charge on any atom is -0.337 e. The summed E-state index contributed by atoms with van der Waals surface area (Å²) in [6, 6.07) is 7.46. The molecule has 1 aliphatic rings. The van der Waals surface area contributed by atoms with Crippen LogP contribution in [0.4, 0.5) is 0 Å². The minimum absolute atomic E-state index is 0.141. The number of aromatic nitrogens is 2. The van der Waals surface area contributed by atoms with Crippen molar-refractivity contribution < 1.29 is 4.52 Å². The van der Waals surface area contributed by atoms with Gasteiger partial charge in [-0.3, -0.25) is 0 Å². The molecule has 1 saturated heterocycles. The summed E-state index contributed by atoms with van der Waals surface area (Å²) in [6.45, 7) is 3.15. The van der Waals surface area contributed by atoms with Crippen LogP contribution in [0.15, 0.2) is 28.8 Å². The number of nitrogens with zero attached hydrogens (tertiary/aromatic N) is 2. The second-order valence-electron chi connectivity index (χ2n) is 4.90. The summed E-state index contributed by atoms with van der Waals surface area (Å²) < 4.78 is 5.47. The zero-order chi connectivity index (χ0) is 13.3. The molecule has 2 heterocycles. The lowest BCUT2D eigenvalue weighted by Gasteiger charge is -2.22. The van der Waals surface area contributed by atoms with Gasteiger partial charge < -0.3 is 9.84 Å². The molecule has 19 heavy (non-hydrogen) atoms. The van der Waals surface area contributed by atoms with E-state index in [-0.39, 0.29) is 5.54 Å². The molecule has 4 nitrogen and oxygen atoms in total. The highest BCUT2D eigenvalue weighted by molar-refractivity contribution is 6.30. The quantitative estimate of drug-likeness (QED) is 0.934. The van der Waals surface area contributed by atoms with Crippen molar-refractivity contribution in [2.24, 2.45) is 0 Å². The van der Waals surface area contributed by atoms with Gasteiger partial charge in [-0.15, -0.1) is 0 Å². The molecule has 0 aliphatic carbocycles. The van der Waals surface area contributed by atoms with Crippen molar-refractivity contribution >= 4 is 11.6 Å². The van der Waals surface area contributed by atoms with E-state index in [4.69, 9.17) is 16.1 Å². The predicted molar refractivity (Wildman–Crippen MR) is 73.9 cm³/mol. The molecule has 3 rings (SSSR count). The van der Waals surface area contributed by atoms with Crippen molar-refractivity contribution in [3.8, 4) is 11.4 Å². The molecule has 1 aliphatic heterocycles. The fourth-order valence-corrected chi connectivity index (χ4v) is 2.70. The van der Waals surface area contributed by atoms with Gasteiger partial charge >= 0.3 is 0 Å². The minimum atomic E-state index is -0.141. The van der Waals surface area contributed by atoms with Crippen LogP contribution in [0, 0.1) is 0 Å². The second kappa shape index (κ2) is 4.94. The van der Waals surface area contributed by atoms with Crippen LogP contribution in [-0.2, 0) is 5.54 Å². The Labute approximate surface area is 117 Å². The van der Waals surface area contributed by atoms with Crippen LogP contribution in [0.25, 0.3) is 11.4 Å². The lowest BCUT2D eigenvalue weighted by Crippen LogP contribution is -2.36. The first kappa shape index (κ1) is 12.6. The average molecular weight is 278 g/mol. The molecule has 0 amide bonds. The van der Waals surface area contributed by atoms with E-state index in [1.807, 2.05) is 24.3 Å². The predicted octanol–water partition coefficient (Wildman–Crippen LogP) is 3.38. The third kappa shape index (κ3) is 2.26. The van der Waals surface area contributed by atoms with E-state index in [0.29, 0.717) is 16.7 Å². The molecule has 1 N–H and O–H groups in total. The highest BCUT2D eigenvalue weighted by Gasteiger charge is 2.38. The number of benzene rings is 1. The summed E-state index contributed by atoms with van der Waals surface area (Å²) in [5, 5.41) is 8.28. The zero-order valence-corrected chi connectivity index (χ0v) is 11.6. The standard InChI is InChI=1S/C14H16ClN3O/c1-2-14(8-3-9-16-14)13-17-12(18-19-13)10-4-6-11(15)7-5-10/h4-7,16H,2-3,8-9H2,1H3. The molecule has 5 heteroatoms. The Morgan fingerprint density at radius 3 is 2.79 bits per heavy atom. The van der Waals surface area contributed by atoms with Crippen LogP contribution >= 0.6 is 11.6 Å².